The maximum Gasteiger partial charge on any atom is 0.0757 e. The molecule has 3 heteroatoms. The molecule has 0 bridgehead atoms. The van der Waals surface area contributed by atoms with Gasteiger partial charge in [0.25, 0.3) is 0 Å². The maximum absolute atomic E-state index is 11.2. The Morgan fingerprint density at radius 1 is 0.963 bits per heavy atom. The first-order valence-corrected chi connectivity index (χ1v) is 11.5. The molecule has 0 aromatic heterocycles. The molecule has 1 heterocycles. The van der Waals surface area contributed by atoms with Gasteiger partial charge in [-0.1, -0.05) is 31.6 Å². The van der Waals surface area contributed by atoms with E-state index in [1.165, 1.54) is 50.8 Å². The van der Waals surface area contributed by atoms with Gasteiger partial charge in [0.15, 0.2) is 0 Å². The molecule has 5 rings (SSSR count). The molecule has 2 N–H and O–H groups in total. The van der Waals surface area contributed by atoms with Crippen molar-refractivity contribution >= 4 is 0 Å². The average Bonchev–Trinajstić information content (AvgIpc) is 3.01. The number of piperidine rings is 1. The first kappa shape index (κ1) is 18.2. The Labute approximate surface area is 164 Å². The summed E-state index contributed by atoms with van der Waals surface area (Å²) >= 11 is 0. The van der Waals surface area contributed by atoms with E-state index in [9.17, 15) is 10.2 Å². The first-order chi connectivity index (χ1) is 12.9. The zero-order valence-corrected chi connectivity index (χ0v) is 17.2. The molecule has 0 amide bonds. The summed E-state index contributed by atoms with van der Waals surface area (Å²) in [6.45, 7) is 7.39. The number of rotatable bonds is 1. The molecule has 1 saturated heterocycles. The third-order valence-corrected chi connectivity index (χ3v) is 9.34. The molecule has 0 aromatic carbocycles. The molecule has 0 radical (unpaired) electrons. The van der Waals surface area contributed by atoms with Crippen molar-refractivity contribution in [1.29, 1.82) is 0 Å². The number of allylic oxidation sites excluding steroid dienone is 2. The normalized spacial score (nSPS) is 49.6. The fraction of sp³-hybridized carbons (Fsp3) is 0.833. The SMILES string of the molecule is C[C@]12CCC(O)CC1=CC(O)[C@@H]1[C@H]2CC[C@]2(C)C(N3CCCCC3)=CC[C@@H]12. The van der Waals surface area contributed by atoms with Gasteiger partial charge < -0.3 is 15.1 Å². The van der Waals surface area contributed by atoms with Crippen LogP contribution in [0.1, 0.15) is 71.6 Å². The number of fused-ring (bicyclic) bond motifs is 5. The van der Waals surface area contributed by atoms with Crippen molar-refractivity contribution in [3.8, 4) is 0 Å². The quantitative estimate of drug-likeness (QED) is 0.677. The summed E-state index contributed by atoms with van der Waals surface area (Å²) in [7, 11) is 0. The van der Waals surface area contributed by atoms with E-state index in [4.69, 9.17) is 0 Å². The third-order valence-electron chi connectivity index (χ3n) is 9.34. The van der Waals surface area contributed by atoms with Gasteiger partial charge in [0.05, 0.1) is 12.2 Å². The molecule has 7 atom stereocenters. The number of hydrogen-bond donors (Lipinski definition) is 2. The van der Waals surface area contributed by atoms with E-state index in [1.807, 2.05) is 0 Å². The van der Waals surface area contributed by atoms with E-state index in [-0.39, 0.29) is 23.0 Å². The summed E-state index contributed by atoms with van der Waals surface area (Å²) in [6, 6.07) is 0. The van der Waals surface area contributed by atoms with Crippen molar-refractivity contribution < 1.29 is 10.2 Å². The molecule has 3 fully saturated rings. The van der Waals surface area contributed by atoms with Gasteiger partial charge in [-0.15, -0.1) is 0 Å². The lowest BCUT2D eigenvalue weighted by Gasteiger charge is -2.59. The van der Waals surface area contributed by atoms with Gasteiger partial charge in [-0.05, 0) is 81.0 Å². The van der Waals surface area contributed by atoms with Gasteiger partial charge in [-0.3, -0.25) is 0 Å². The van der Waals surface area contributed by atoms with Crippen LogP contribution in [0.2, 0.25) is 0 Å². The second-order valence-electron chi connectivity index (χ2n) is 10.6. The zero-order chi connectivity index (χ0) is 18.8. The summed E-state index contributed by atoms with van der Waals surface area (Å²) in [4.78, 5) is 2.68. The van der Waals surface area contributed by atoms with Gasteiger partial charge in [-0.2, -0.15) is 0 Å². The summed E-state index contributed by atoms with van der Waals surface area (Å²) < 4.78 is 0. The van der Waals surface area contributed by atoms with Crippen molar-refractivity contribution in [1.82, 2.24) is 4.90 Å². The molecule has 2 saturated carbocycles. The topological polar surface area (TPSA) is 43.7 Å². The van der Waals surface area contributed by atoms with Gasteiger partial charge in [0.2, 0.25) is 0 Å². The largest absolute Gasteiger partial charge is 0.393 e. The fourth-order valence-corrected chi connectivity index (χ4v) is 7.81. The Bertz CT molecular complexity index is 663. The molecule has 27 heavy (non-hydrogen) atoms. The third kappa shape index (κ3) is 2.60. The smallest absolute Gasteiger partial charge is 0.0757 e. The predicted octanol–water partition coefficient (Wildman–Crippen LogP) is 4.26. The van der Waals surface area contributed by atoms with Crippen LogP contribution in [0.15, 0.2) is 23.4 Å². The van der Waals surface area contributed by atoms with E-state index >= 15 is 0 Å². The minimum Gasteiger partial charge on any atom is -0.393 e. The molecule has 4 aliphatic carbocycles. The van der Waals surface area contributed by atoms with Crippen LogP contribution in [-0.2, 0) is 0 Å². The van der Waals surface area contributed by atoms with Crippen molar-refractivity contribution in [2.75, 3.05) is 13.1 Å². The van der Waals surface area contributed by atoms with Crippen LogP contribution in [0, 0.1) is 28.6 Å². The highest BCUT2D eigenvalue weighted by molar-refractivity contribution is 5.31. The van der Waals surface area contributed by atoms with Crippen LogP contribution in [0.25, 0.3) is 0 Å². The minimum atomic E-state index is -0.331. The summed E-state index contributed by atoms with van der Waals surface area (Å²) in [6.07, 6.45) is 14.6. The summed E-state index contributed by atoms with van der Waals surface area (Å²) in [5, 5.41) is 21.4. The Hall–Kier alpha value is -0.800. The monoisotopic (exact) mass is 371 g/mol. The Morgan fingerprint density at radius 2 is 1.70 bits per heavy atom. The van der Waals surface area contributed by atoms with Crippen molar-refractivity contribution in [3.05, 3.63) is 23.4 Å². The van der Waals surface area contributed by atoms with E-state index in [0.29, 0.717) is 17.8 Å². The molecule has 0 spiro atoms. The van der Waals surface area contributed by atoms with Crippen LogP contribution < -0.4 is 0 Å². The van der Waals surface area contributed by atoms with Crippen LogP contribution in [-0.4, -0.2) is 40.4 Å². The number of aliphatic hydroxyl groups is 2. The Balaban J connectivity index is 1.46. The first-order valence-electron chi connectivity index (χ1n) is 11.5. The molecular formula is C24H37NO2. The zero-order valence-electron chi connectivity index (χ0n) is 17.2. The van der Waals surface area contributed by atoms with E-state index in [1.54, 1.807) is 5.70 Å². The molecule has 2 unspecified atom stereocenters. The molecule has 0 aromatic rings. The highest BCUT2D eigenvalue weighted by atomic mass is 16.3. The van der Waals surface area contributed by atoms with Crippen molar-refractivity contribution in [3.63, 3.8) is 0 Å². The standard InChI is InChI=1S/C24H37NO2/c1-23-10-8-17(26)14-16(23)15-20(27)22-18-6-7-21(25-12-4-3-5-13-25)24(18,2)11-9-19(22)23/h7,15,17-20,22,26-27H,3-6,8-14H2,1-2H3/t17?,18-,19+,20?,22-,23-,24-/m0/s1. The lowest BCUT2D eigenvalue weighted by Crippen LogP contribution is -2.55. The lowest BCUT2D eigenvalue weighted by atomic mass is 9.47. The summed E-state index contributed by atoms with van der Waals surface area (Å²) in [5.74, 6) is 1.53. The predicted molar refractivity (Wildman–Crippen MR) is 108 cm³/mol. The molecule has 3 nitrogen and oxygen atoms in total. The Morgan fingerprint density at radius 3 is 2.48 bits per heavy atom. The van der Waals surface area contributed by atoms with Crippen LogP contribution in [0.3, 0.4) is 0 Å². The van der Waals surface area contributed by atoms with Gasteiger partial charge in [0.1, 0.15) is 0 Å². The van der Waals surface area contributed by atoms with E-state index in [2.05, 4.69) is 30.9 Å². The second kappa shape index (κ2) is 6.35. The summed E-state index contributed by atoms with van der Waals surface area (Å²) in [5.41, 5.74) is 3.39. The van der Waals surface area contributed by atoms with E-state index in [0.717, 1.165) is 25.7 Å². The molecular weight excluding hydrogens is 334 g/mol. The number of likely N-dealkylation sites (tertiary alicyclic amines) is 1. The van der Waals surface area contributed by atoms with Gasteiger partial charge >= 0.3 is 0 Å². The van der Waals surface area contributed by atoms with Crippen LogP contribution in [0.4, 0.5) is 0 Å². The molecule has 5 aliphatic rings. The van der Waals surface area contributed by atoms with Crippen LogP contribution >= 0.6 is 0 Å². The van der Waals surface area contributed by atoms with Crippen molar-refractivity contribution in [2.24, 2.45) is 28.6 Å². The fourth-order valence-electron chi connectivity index (χ4n) is 7.81. The highest BCUT2D eigenvalue weighted by Gasteiger charge is 2.59. The second-order valence-corrected chi connectivity index (χ2v) is 10.6. The van der Waals surface area contributed by atoms with Crippen LogP contribution in [0.5, 0.6) is 0 Å². The molecule has 150 valence electrons. The minimum absolute atomic E-state index is 0.193. The van der Waals surface area contributed by atoms with Crippen molar-refractivity contribution in [2.45, 2.75) is 83.8 Å². The number of hydrogen-bond acceptors (Lipinski definition) is 3. The highest BCUT2D eigenvalue weighted by Crippen LogP contribution is 2.65. The number of nitrogens with zero attached hydrogens (tertiary/aromatic N) is 1. The molecule has 1 aliphatic heterocycles. The average molecular weight is 372 g/mol. The Kier molecular flexibility index (Phi) is 4.29. The van der Waals surface area contributed by atoms with Gasteiger partial charge in [-0.25, -0.2) is 0 Å². The maximum atomic E-state index is 11.2. The number of aliphatic hydroxyl groups excluding tert-OH is 2. The van der Waals surface area contributed by atoms with Gasteiger partial charge in [0, 0.05) is 24.2 Å². The van der Waals surface area contributed by atoms with E-state index < -0.39 is 0 Å². The lowest BCUT2D eigenvalue weighted by molar-refractivity contribution is -0.0824.